The zero-order valence-corrected chi connectivity index (χ0v) is 24.1. The molecule has 0 unspecified atom stereocenters. The number of nitrogens with zero attached hydrogens (tertiary/aromatic N) is 4. The Morgan fingerprint density at radius 1 is 1.00 bits per heavy atom. The highest BCUT2D eigenvalue weighted by atomic mass is 16.5. The van der Waals surface area contributed by atoms with Crippen LogP contribution in [0.5, 0.6) is 17.2 Å². The monoisotopic (exact) mass is 572 g/mol. The lowest BCUT2D eigenvalue weighted by molar-refractivity contribution is -0.142. The molecule has 0 aliphatic heterocycles. The summed E-state index contributed by atoms with van der Waals surface area (Å²) in [7, 11) is 3.06. The summed E-state index contributed by atoms with van der Waals surface area (Å²) in [6, 6.07) is 18.2. The third kappa shape index (κ3) is 5.85. The maximum Gasteiger partial charge on any atom is 0.332 e. The Balaban J connectivity index is 1.61. The molecule has 0 saturated carbocycles. The second-order valence-electron chi connectivity index (χ2n) is 10.3. The van der Waals surface area contributed by atoms with Crippen LogP contribution in [-0.2, 0) is 36.3 Å². The average molecular weight is 573 g/mol. The molecule has 0 bridgehead atoms. The predicted octanol–water partition coefficient (Wildman–Crippen LogP) is 4.73. The highest BCUT2D eigenvalue weighted by molar-refractivity contribution is 5.89. The van der Waals surface area contributed by atoms with Crippen molar-refractivity contribution in [2.45, 2.75) is 40.5 Å². The second kappa shape index (κ2) is 11.8. The summed E-state index contributed by atoms with van der Waals surface area (Å²) in [4.78, 5) is 38.0. The minimum atomic E-state index is -0.481. The number of fused-ring (bicyclic) bond motifs is 1. The largest absolute Gasteiger partial charge is 0.497 e. The molecule has 42 heavy (non-hydrogen) atoms. The number of carbonyl (C=O) groups excluding carboxylic acids is 1. The Kier molecular flexibility index (Phi) is 8.01. The van der Waals surface area contributed by atoms with Crippen LogP contribution in [0.4, 0.5) is 0 Å². The van der Waals surface area contributed by atoms with Crippen LogP contribution in [0.25, 0.3) is 22.5 Å². The van der Waals surface area contributed by atoms with Gasteiger partial charge in [0.15, 0.2) is 11.4 Å². The topological polar surface area (TPSA) is 120 Å². The fraction of sp³-hybridized carbons (Fsp3) is 0.290. The molecule has 3 heterocycles. The van der Waals surface area contributed by atoms with Gasteiger partial charge in [-0.15, -0.1) is 0 Å². The summed E-state index contributed by atoms with van der Waals surface area (Å²) in [5.74, 6) is 2.45. The van der Waals surface area contributed by atoms with Crippen molar-refractivity contribution in [2.75, 3.05) is 7.11 Å². The average Bonchev–Trinajstić information content (AvgIpc) is 3.58. The number of hydrogen-bond donors (Lipinski definition) is 0. The van der Waals surface area contributed by atoms with Gasteiger partial charge in [0, 0.05) is 20.5 Å². The fourth-order valence-corrected chi connectivity index (χ4v) is 4.67. The molecule has 3 aromatic heterocycles. The molecular formula is C31H32N4O7. The van der Waals surface area contributed by atoms with Crippen molar-refractivity contribution in [3.8, 4) is 28.7 Å². The predicted molar refractivity (Wildman–Crippen MR) is 156 cm³/mol. The molecule has 0 N–H and O–H groups in total. The summed E-state index contributed by atoms with van der Waals surface area (Å²) in [5.41, 5.74) is 0.610. The third-order valence-electron chi connectivity index (χ3n) is 6.61. The molecule has 0 aliphatic rings. The standard InChI is InChI=1S/C31H32N4O7/c1-19(2)16-34-29-27(30(37)33(4)31(34)38)28(26-14-13-25(42-26)18-40-20(3)36)35(32-29)17-21-7-6-8-24(15-21)41-23-11-9-22(39-5)10-12-23/h6-15,19H,16-18H2,1-5H3. The van der Waals surface area contributed by atoms with E-state index in [1.807, 2.05) is 62.4 Å². The number of carbonyl (C=O) groups is 1. The van der Waals surface area contributed by atoms with Gasteiger partial charge in [-0.25, -0.2) is 4.79 Å². The van der Waals surface area contributed by atoms with Crippen LogP contribution in [0.1, 0.15) is 32.1 Å². The number of hydrogen-bond acceptors (Lipinski definition) is 8. The van der Waals surface area contributed by atoms with Crippen LogP contribution in [-0.4, -0.2) is 32.0 Å². The number of rotatable bonds is 10. The summed E-state index contributed by atoms with van der Waals surface area (Å²) in [5, 5.41) is 5.04. The lowest BCUT2D eigenvalue weighted by Gasteiger charge is -2.10. The number of furan rings is 1. The van der Waals surface area contributed by atoms with Crippen molar-refractivity contribution in [3.63, 3.8) is 0 Å². The van der Waals surface area contributed by atoms with Crippen LogP contribution >= 0.6 is 0 Å². The number of esters is 1. The molecule has 2 aromatic carbocycles. The quantitative estimate of drug-likeness (QED) is 0.221. The first-order valence-electron chi connectivity index (χ1n) is 13.5. The number of methoxy groups -OCH3 is 1. The minimum absolute atomic E-state index is 0.0534. The van der Waals surface area contributed by atoms with Gasteiger partial charge in [0.1, 0.15) is 40.7 Å². The normalized spacial score (nSPS) is 11.3. The van der Waals surface area contributed by atoms with Crippen LogP contribution in [0.3, 0.4) is 0 Å². The highest BCUT2D eigenvalue weighted by Crippen LogP contribution is 2.30. The molecule has 0 saturated heterocycles. The Bertz CT molecular complexity index is 1860. The van der Waals surface area contributed by atoms with Crippen molar-refractivity contribution in [1.82, 2.24) is 18.9 Å². The zero-order chi connectivity index (χ0) is 30.0. The smallest absolute Gasteiger partial charge is 0.332 e. The summed E-state index contributed by atoms with van der Waals surface area (Å²) in [6.07, 6.45) is 0. The highest BCUT2D eigenvalue weighted by Gasteiger charge is 2.25. The van der Waals surface area contributed by atoms with Crippen molar-refractivity contribution < 1.29 is 23.4 Å². The number of ether oxygens (including phenoxy) is 3. The van der Waals surface area contributed by atoms with E-state index >= 15 is 0 Å². The van der Waals surface area contributed by atoms with E-state index in [-0.39, 0.29) is 30.1 Å². The van der Waals surface area contributed by atoms with Gasteiger partial charge in [-0.3, -0.25) is 23.4 Å². The van der Waals surface area contributed by atoms with Gasteiger partial charge in [-0.2, -0.15) is 5.10 Å². The van der Waals surface area contributed by atoms with Gasteiger partial charge in [0.2, 0.25) is 0 Å². The number of benzene rings is 2. The van der Waals surface area contributed by atoms with E-state index in [1.165, 1.54) is 18.5 Å². The second-order valence-corrected chi connectivity index (χ2v) is 10.3. The van der Waals surface area contributed by atoms with E-state index in [0.717, 1.165) is 15.9 Å². The molecule has 11 heteroatoms. The fourth-order valence-electron chi connectivity index (χ4n) is 4.67. The van der Waals surface area contributed by atoms with Crippen LogP contribution in [0.2, 0.25) is 0 Å². The molecule has 11 nitrogen and oxygen atoms in total. The summed E-state index contributed by atoms with van der Waals surface area (Å²) >= 11 is 0. The minimum Gasteiger partial charge on any atom is -0.497 e. The molecule has 0 fully saturated rings. The first-order chi connectivity index (χ1) is 20.1. The van der Waals surface area contributed by atoms with Gasteiger partial charge in [0.25, 0.3) is 5.56 Å². The van der Waals surface area contributed by atoms with E-state index in [0.29, 0.717) is 35.3 Å². The Labute approximate surface area is 241 Å². The molecule has 5 rings (SSSR count). The van der Waals surface area contributed by atoms with E-state index in [1.54, 1.807) is 23.9 Å². The lowest BCUT2D eigenvalue weighted by atomic mass is 10.2. The first kappa shape index (κ1) is 28.5. The van der Waals surface area contributed by atoms with Crippen LogP contribution in [0, 0.1) is 5.92 Å². The van der Waals surface area contributed by atoms with Gasteiger partial charge in [0.05, 0.1) is 13.7 Å². The molecule has 0 spiro atoms. The number of aromatic nitrogens is 4. The Morgan fingerprint density at radius 3 is 2.43 bits per heavy atom. The molecular weight excluding hydrogens is 540 g/mol. The maximum absolute atomic E-state index is 13.5. The zero-order valence-electron chi connectivity index (χ0n) is 24.1. The Morgan fingerprint density at radius 2 is 1.74 bits per heavy atom. The van der Waals surface area contributed by atoms with Crippen molar-refractivity contribution in [3.05, 3.63) is 92.8 Å². The van der Waals surface area contributed by atoms with E-state index < -0.39 is 17.2 Å². The lowest BCUT2D eigenvalue weighted by Crippen LogP contribution is -2.38. The van der Waals surface area contributed by atoms with Gasteiger partial charge < -0.3 is 18.6 Å². The third-order valence-corrected chi connectivity index (χ3v) is 6.61. The maximum atomic E-state index is 13.5. The van der Waals surface area contributed by atoms with Crippen molar-refractivity contribution >= 4 is 17.0 Å². The van der Waals surface area contributed by atoms with Gasteiger partial charge >= 0.3 is 11.7 Å². The molecule has 0 radical (unpaired) electrons. The summed E-state index contributed by atoms with van der Waals surface area (Å²) < 4.78 is 26.6. The van der Waals surface area contributed by atoms with Gasteiger partial charge in [-0.1, -0.05) is 26.0 Å². The van der Waals surface area contributed by atoms with Crippen molar-refractivity contribution in [2.24, 2.45) is 13.0 Å². The van der Waals surface area contributed by atoms with Crippen LogP contribution in [0.15, 0.2) is 74.7 Å². The molecule has 0 atom stereocenters. The first-order valence-corrected chi connectivity index (χ1v) is 13.5. The van der Waals surface area contributed by atoms with Gasteiger partial charge in [-0.05, 0) is 60.0 Å². The van der Waals surface area contributed by atoms with E-state index in [2.05, 4.69) is 0 Å². The van der Waals surface area contributed by atoms with Crippen molar-refractivity contribution in [1.29, 1.82) is 0 Å². The van der Waals surface area contributed by atoms with Crippen LogP contribution < -0.4 is 20.7 Å². The SMILES string of the molecule is COc1ccc(Oc2cccc(Cn3nc4c(c3-c3ccc(COC(C)=O)o3)c(=O)n(C)c(=O)n4CC(C)C)c2)cc1. The van der Waals surface area contributed by atoms with E-state index in [9.17, 15) is 14.4 Å². The molecule has 5 aromatic rings. The van der Waals surface area contributed by atoms with E-state index in [4.69, 9.17) is 23.7 Å². The Hall–Kier alpha value is -5.06. The molecule has 0 amide bonds. The molecule has 218 valence electrons. The summed E-state index contributed by atoms with van der Waals surface area (Å²) in [6.45, 7) is 5.87. The molecule has 0 aliphatic carbocycles.